The molecule has 16 heteroatoms. The number of carbonyl (C=O) groups is 1. The van der Waals surface area contributed by atoms with Crippen molar-refractivity contribution in [3.63, 3.8) is 0 Å². The summed E-state index contributed by atoms with van der Waals surface area (Å²) in [6.07, 6.45) is -11.0. The number of pyridine rings is 1. The van der Waals surface area contributed by atoms with E-state index in [4.69, 9.17) is 0 Å². The summed E-state index contributed by atoms with van der Waals surface area (Å²) in [7, 11) is -9.20. The van der Waals surface area contributed by atoms with Crippen molar-refractivity contribution >= 4 is 25.6 Å². The van der Waals surface area contributed by atoms with Gasteiger partial charge in [-0.15, -0.1) is 0 Å². The van der Waals surface area contributed by atoms with Crippen molar-refractivity contribution in [1.29, 1.82) is 0 Å². The number of rotatable bonds is 5. The van der Waals surface area contributed by atoms with Crippen molar-refractivity contribution in [1.82, 2.24) is 10.3 Å². The summed E-state index contributed by atoms with van der Waals surface area (Å²) in [5.41, 5.74) is -3.50. The zero-order valence-corrected chi connectivity index (χ0v) is 20.5. The highest BCUT2D eigenvalue weighted by Gasteiger charge is 2.48. The summed E-state index contributed by atoms with van der Waals surface area (Å²) in [4.78, 5) is 14.1. The zero-order valence-electron chi connectivity index (χ0n) is 18.8. The van der Waals surface area contributed by atoms with Crippen molar-refractivity contribution in [2.45, 2.75) is 58.9 Å². The quantitative estimate of drug-likeness (QED) is 0.531. The highest BCUT2D eigenvalue weighted by Crippen LogP contribution is 2.41. The average molecular weight is 577 g/mol. The summed E-state index contributed by atoms with van der Waals surface area (Å²) >= 11 is 0. The fourth-order valence-corrected chi connectivity index (χ4v) is 6.39. The molecule has 37 heavy (non-hydrogen) atoms. The van der Waals surface area contributed by atoms with E-state index in [9.17, 15) is 48.0 Å². The van der Waals surface area contributed by atoms with Crippen LogP contribution in [0.25, 0.3) is 0 Å². The second kappa shape index (κ2) is 9.53. The van der Waals surface area contributed by atoms with Gasteiger partial charge in [-0.2, -0.15) is 26.3 Å². The van der Waals surface area contributed by atoms with Crippen molar-refractivity contribution < 1.29 is 52.4 Å². The van der Waals surface area contributed by atoms with E-state index < -0.39 is 88.4 Å². The maximum atomic E-state index is 15.5. The van der Waals surface area contributed by atoms with Crippen molar-refractivity contribution in [3.05, 3.63) is 53.3 Å². The Balaban J connectivity index is 1.78. The van der Waals surface area contributed by atoms with Gasteiger partial charge in [0.05, 0.1) is 20.9 Å². The normalized spacial score (nSPS) is 21.5. The summed E-state index contributed by atoms with van der Waals surface area (Å²) in [6.45, 7) is 0. The van der Waals surface area contributed by atoms with Gasteiger partial charge in [0.25, 0.3) is 5.91 Å². The van der Waals surface area contributed by atoms with Crippen LogP contribution in [0.5, 0.6) is 0 Å². The Labute approximate surface area is 206 Å². The zero-order chi connectivity index (χ0) is 28.0. The molecular formula is C21H19F7N2O5S2. The summed E-state index contributed by atoms with van der Waals surface area (Å²) in [6, 6.07) is 1.98. The van der Waals surface area contributed by atoms with Crippen LogP contribution in [-0.2, 0) is 32.0 Å². The van der Waals surface area contributed by atoms with Crippen LogP contribution >= 0.6 is 0 Å². The molecule has 1 amide bonds. The third-order valence-corrected chi connectivity index (χ3v) is 9.17. The molecule has 1 aliphatic rings. The number of hydrogen-bond acceptors (Lipinski definition) is 6. The maximum Gasteiger partial charge on any atom is 0.417 e. The molecule has 0 spiro atoms. The third kappa shape index (κ3) is 6.05. The number of hydrogen-bond donors (Lipinski definition) is 1. The Morgan fingerprint density at radius 2 is 1.54 bits per heavy atom. The lowest BCUT2D eigenvalue weighted by Gasteiger charge is -2.34. The van der Waals surface area contributed by atoms with Gasteiger partial charge in [-0.05, 0) is 49.9 Å². The first-order chi connectivity index (χ1) is 16.8. The molecule has 0 saturated heterocycles. The molecule has 0 atom stereocenters. The predicted octanol–water partition coefficient (Wildman–Crippen LogP) is 4.33. The Hall–Kier alpha value is -2.75. The number of alkyl halides is 7. The molecule has 1 fully saturated rings. The smallest absolute Gasteiger partial charge is 0.348 e. The molecule has 1 N–H and O–H groups in total. The topological polar surface area (TPSA) is 110 Å². The van der Waals surface area contributed by atoms with Crippen LogP contribution in [0.1, 0.15) is 47.3 Å². The monoisotopic (exact) mass is 576 g/mol. The number of halogens is 7. The van der Waals surface area contributed by atoms with E-state index >= 15 is 4.39 Å². The number of amides is 1. The van der Waals surface area contributed by atoms with Gasteiger partial charge in [0.1, 0.15) is 5.69 Å². The SMILES string of the molecule is CS(=O)(=O)c1cc(C(F)(F)F)cnc1C(=O)NC1CCC(F)(S(=O)(=O)c2cccc(C(F)(F)F)c2)CC1. The average Bonchev–Trinajstić information content (AvgIpc) is 2.78. The molecule has 3 rings (SSSR count). The highest BCUT2D eigenvalue weighted by molar-refractivity contribution is 7.92. The van der Waals surface area contributed by atoms with Crippen LogP contribution in [0.2, 0.25) is 0 Å². The Kier molecular flexibility index (Phi) is 7.42. The third-order valence-electron chi connectivity index (χ3n) is 5.82. The van der Waals surface area contributed by atoms with Gasteiger partial charge in [-0.1, -0.05) is 6.07 Å². The molecular weight excluding hydrogens is 557 g/mol. The lowest BCUT2D eigenvalue weighted by molar-refractivity contribution is -0.138. The molecule has 0 aliphatic heterocycles. The van der Waals surface area contributed by atoms with E-state index in [1.54, 1.807) is 0 Å². The molecule has 1 saturated carbocycles. The lowest BCUT2D eigenvalue weighted by Crippen LogP contribution is -2.45. The first-order valence-corrected chi connectivity index (χ1v) is 13.8. The molecule has 204 valence electrons. The molecule has 7 nitrogen and oxygen atoms in total. The van der Waals surface area contributed by atoms with E-state index in [1.165, 1.54) is 0 Å². The Bertz CT molecular complexity index is 1410. The largest absolute Gasteiger partial charge is 0.417 e. The minimum absolute atomic E-state index is 0.256. The van der Waals surface area contributed by atoms with Gasteiger partial charge in [0.15, 0.2) is 9.84 Å². The van der Waals surface area contributed by atoms with Gasteiger partial charge in [-0.3, -0.25) is 4.79 Å². The van der Waals surface area contributed by atoms with E-state index in [1.807, 2.05) is 0 Å². The van der Waals surface area contributed by atoms with E-state index in [0.29, 0.717) is 18.4 Å². The van der Waals surface area contributed by atoms with E-state index in [2.05, 4.69) is 10.3 Å². The number of carbonyl (C=O) groups excluding carboxylic acids is 1. The summed E-state index contributed by atoms with van der Waals surface area (Å²) in [5.74, 6) is -1.17. The molecule has 1 heterocycles. The number of sulfone groups is 2. The standard InChI is InChI=1S/C21H19F7N2O5S2/c1-36(32,33)16-10-13(21(26,27)28)11-29-17(16)18(31)30-14-5-7-19(22,8-6-14)37(34,35)15-4-2-3-12(9-15)20(23,24)25/h2-4,9-11,14H,5-8H2,1H3,(H,30,31). The fourth-order valence-electron chi connectivity index (χ4n) is 3.82. The van der Waals surface area contributed by atoms with Gasteiger partial charge < -0.3 is 5.32 Å². The lowest BCUT2D eigenvalue weighted by atomic mass is 9.93. The van der Waals surface area contributed by atoms with Crippen LogP contribution in [0.3, 0.4) is 0 Å². The molecule has 1 aliphatic carbocycles. The molecule has 1 aromatic carbocycles. The first-order valence-electron chi connectivity index (χ1n) is 10.4. The van der Waals surface area contributed by atoms with Crippen molar-refractivity contribution in [2.75, 3.05) is 6.26 Å². The first kappa shape index (κ1) is 28.8. The highest BCUT2D eigenvalue weighted by atomic mass is 32.2. The molecule has 2 aromatic rings. The minimum atomic E-state index is -4.93. The van der Waals surface area contributed by atoms with Gasteiger partial charge in [0, 0.05) is 18.5 Å². The van der Waals surface area contributed by atoms with E-state index in [0.717, 1.165) is 12.1 Å². The van der Waals surface area contributed by atoms with Crippen LogP contribution in [-0.4, -0.2) is 45.0 Å². The van der Waals surface area contributed by atoms with Crippen LogP contribution in [0, 0.1) is 0 Å². The summed E-state index contributed by atoms with van der Waals surface area (Å²) < 4.78 is 143. The van der Waals surface area contributed by atoms with Crippen molar-refractivity contribution in [2.24, 2.45) is 0 Å². The summed E-state index contributed by atoms with van der Waals surface area (Å²) in [5, 5.41) is -0.635. The predicted molar refractivity (Wildman–Crippen MR) is 115 cm³/mol. The maximum absolute atomic E-state index is 15.5. The number of aromatic nitrogens is 1. The number of nitrogens with zero attached hydrogens (tertiary/aromatic N) is 1. The van der Waals surface area contributed by atoms with Gasteiger partial charge >= 0.3 is 12.4 Å². The fraction of sp³-hybridized carbons (Fsp3) is 0.429. The van der Waals surface area contributed by atoms with Crippen molar-refractivity contribution in [3.8, 4) is 0 Å². The van der Waals surface area contributed by atoms with Gasteiger partial charge in [0.2, 0.25) is 14.8 Å². The Morgan fingerprint density at radius 3 is 2.05 bits per heavy atom. The van der Waals surface area contributed by atoms with Crippen LogP contribution in [0.4, 0.5) is 30.7 Å². The minimum Gasteiger partial charge on any atom is -0.348 e. The second-order valence-electron chi connectivity index (χ2n) is 8.50. The molecule has 0 radical (unpaired) electrons. The number of nitrogens with one attached hydrogen (secondary N) is 1. The van der Waals surface area contributed by atoms with Crippen LogP contribution in [0.15, 0.2) is 46.3 Å². The van der Waals surface area contributed by atoms with E-state index in [-0.39, 0.29) is 25.1 Å². The van der Waals surface area contributed by atoms with Gasteiger partial charge in [-0.25, -0.2) is 26.2 Å². The van der Waals surface area contributed by atoms with Crippen LogP contribution < -0.4 is 5.32 Å². The second-order valence-corrected chi connectivity index (χ2v) is 12.7. The molecule has 0 unspecified atom stereocenters. The molecule has 0 bridgehead atoms. The Morgan fingerprint density at radius 1 is 0.973 bits per heavy atom. The molecule has 1 aromatic heterocycles. The number of benzene rings is 1.